The van der Waals surface area contributed by atoms with Gasteiger partial charge in [-0.25, -0.2) is 8.42 Å². The molecule has 9 nitrogen and oxygen atoms in total. The number of nitro groups is 1. The van der Waals surface area contributed by atoms with Crippen molar-refractivity contribution in [2.75, 3.05) is 24.8 Å². The SMILES string of the molecule is CCN(CCCn1c2ccc(C(=O)CCCl)cc2c2cc(C(=O)CCCl)ccc21)S(=O)(=O)c1ccccc1[N+](=O)[O-]. The Morgan fingerprint density at radius 2 is 1.44 bits per heavy atom. The van der Waals surface area contributed by atoms with E-state index in [0.29, 0.717) is 24.1 Å². The van der Waals surface area contributed by atoms with Gasteiger partial charge in [-0.3, -0.25) is 19.7 Å². The number of hydrogen-bond donors (Lipinski definition) is 0. The van der Waals surface area contributed by atoms with Gasteiger partial charge in [0.25, 0.3) is 5.69 Å². The van der Waals surface area contributed by atoms with Crippen LogP contribution in [0.15, 0.2) is 65.6 Å². The van der Waals surface area contributed by atoms with Crippen LogP contribution >= 0.6 is 23.2 Å². The van der Waals surface area contributed by atoms with Crippen LogP contribution in [0.25, 0.3) is 21.8 Å². The van der Waals surface area contributed by atoms with Crippen LogP contribution in [0.5, 0.6) is 0 Å². The highest BCUT2D eigenvalue weighted by Crippen LogP contribution is 2.32. The molecule has 0 saturated heterocycles. The lowest BCUT2D eigenvalue weighted by atomic mass is 10.0. The second kappa shape index (κ2) is 13.1. The van der Waals surface area contributed by atoms with Crippen LogP contribution in [-0.4, -0.2) is 58.6 Å². The van der Waals surface area contributed by atoms with E-state index >= 15 is 0 Å². The van der Waals surface area contributed by atoms with E-state index in [2.05, 4.69) is 0 Å². The van der Waals surface area contributed by atoms with Gasteiger partial charge in [-0.2, -0.15) is 4.31 Å². The first-order chi connectivity index (χ1) is 19.6. The molecule has 0 spiro atoms. The number of Topliss-reactive ketones (excluding diaryl/α,β-unsaturated/α-hetero) is 2. The molecule has 41 heavy (non-hydrogen) atoms. The number of nitrogens with zero attached hydrogens (tertiary/aromatic N) is 3. The fourth-order valence-corrected chi connectivity index (χ4v) is 6.96. The molecule has 0 saturated carbocycles. The van der Waals surface area contributed by atoms with Crippen LogP contribution < -0.4 is 0 Å². The molecular weight excluding hydrogens is 589 g/mol. The number of carbonyl (C=O) groups is 2. The number of carbonyl (C=O) groups excluding carboxylic acids is 2. The van der Waals surface area contributed by atoms with Crippen LogP contribution in [0.1, 0.15) is 46.9 Å². The third-order valence-electron chi connectivity index (χ3n) is 6.97. The van der Waals surface area contributed by atoms with Crippen molar-refractivity contribution < 1.29 is 22.9 Å². The molecule has 0 amide bonds. The molecule has 12 heteroatoms. The molecule has 0 aliphatic heterocycles. The Morgan fingerprint density at radius 3 is 1.93 bits per heavy atom. The number of para-hydroxylation sites is 1. The topological polar surface area (TPSA) is 120 Å². The summed E-state index contributed by atoms with van der Waals surface area (Å²) in [4.78, 5) is 35.6. The van der Waals surface area contributed by atoms with Gasteiger partial charge in [0, 0.05) is 83.2 Å². The molecular formula is C29H29Cl2N3O6S. The van der Waals surface area contributed by atoms with Gasteiger partial charge in [0.1, 0.15) is 0 Å². The van der Waals surface area contributed by atoms with E-state index in [0.717, 1.165) is 21.8 Å². The van der Waals surface area contributed by atoms with E-state index in [1.54, 1.807) is 31.2 Å². The monoisotopic (exact) mass is 617 g/mol. The summed E-state index contributed by atoms with van der Waals surface area (Å²) in [5.41, 5.74) is 2.22. The smallest absolute Gasteiger partial charge is 0.289 e. The Morgan fingerprint density at radius 1 is 0.902 bits per heavy atom. The average Bonchev–Trinajstić information content (AvgIpc) is 3.27. The molecule has 3 aromatic carbocycles. The van der Waals surface area contributed by atoms with Crippen molar-refractivity contribution in [2.45, 2.75) is 37.6 Å². The third-order valence-corrected chi connectivity index (χ3v) is 9.37. The second-order valence-corrected chi connectivity index (χ2v) is 12.1. The minimum Gasteiger partial charge on any atom is -0.340 e. The van der Waals surface area contributed by atoms with Crippen LogP contribution in [-0.2, 0) is 16.6 Å². The number of hydrogen-bond acceptors (Lipinski definition) is 6. The molecule has 1 heterocycles. The molecule has 0 N–H and O–H groups in total. The summed E-state index contributed by atoms with van der Waals surface area (Å²) in [7, 11) is -4.11. The highest BCUT2D eigenvalue weighted by atomic mass is 35.5. The maximum atomic E-state index is 13.3. The number of ketones is 2. The highest BCUT2D eigenvalue weighted by Gasteiger charge is 2.30. The molecule has 0 atom stereocenters. The van der Waals surface area contributed by atoms with Gasteiger partial charge in [-0.1, -0.05) is 19.1 Å². The number of aryl methyl sites for hydroxylation is 1. The summed E-state index contributed by atoms with van der Waals surface area (Å²) in [6.07, 6.45) is 0.810. The Labute approximate surface area is 247 Å². The lowest BCUT2D eigenvalue weighted by Gasteiger charge is -2.21. The summed E-state index contributed by atoms with van der Waals surface area (Å²) >= 11 is 11.6. The molecule has 4 aromatic rings. The van der Waals surface area contributed by atoms with E-state index < -0.39 is 20.6 Å². The third kappa shape index (κ3) is 6.30. The number of nitro benzene ring substituents is 1. The minimum atomic E-state index is -4.11. The summed E-state index contributed by atoms with van der Waals surface area (Å²) in [6.45, 7) is 2.38. The van der Waals surface area contributed by atoms with Crippen molar-refractivity contribution in [3.8, 4) is 0 Å². The number of fused-ring (bicyclic) bond motifs is 3. The summed E-state index contributed by atoms with van der Waals surface area (Å²) in [6, 6.07) is 16.1. The van der Waals surface area contributed by atoms with Crippen LogP contribution in [0.2, 0.25) is 0 Å². The highest BCUT2D eigenvalue weighted by molar-refractivity contribution is 7.89. The Balaban J connectivity index is 1.70. The normalized spacial score (nSPS) is 11.9. The maximum absolute atomic E-state index is 13.3. The zero-order valence-electron chi connectivity index (χ0n) is 22.4. The lowest BCUT2D eigenvalue weighted by molar-refractivity contribution is -0.387. The standard InChI is InChI=1S/C29H29Cl2N3O6S/c1-2-32(41(39,40)29-7-4-3-6-26(29)34(37)38)16-5-17-33-24-10-8-20(27(35)12-14-30)18-22(24)23-19-21(9-11-25(23)33)28(36)13-15-31/h3-4,6-11,18-19H,2,5,12-17H2,1H3. The van der Waals surface area contributed by atoms with Crippen LogP contribution in [0.4, 0.5) is 5.69 Å². The molecule has 0 aliphatic carbocycles. The number of alkyl halides is 2. The van der Waals surface area contributed by atoms with Crippen LogP contribution in [0.3, 0.4) is 0 Å². The number of aromatic nitrogens is 1. The van der Waals surface area contributed by atoms with Gasteiger partial charge in [-0.05, 0) is 48.9 Å². The van der Waals surface area contributed by atoms with Gasteiger partial charge in [0.2, 0.25) is 10.0 Å². The lowest BCUT2D eigenvalue weighted by Crippen LogP contribution is -2.32. The quantitative estimate of drug-likeness (QED) is 0.0696. The number of benzene rings is 3. The van der Waals surface area contributed by atoms with E-state index in [4.69, 9.17) is 23.2 Å². The summed E-state index contributed by atoms with van der Waals surface area (Å²) < 4.78 is 30.0. The van der Waals surface area contributed by atoms with E-state index in [1.165, 1.54) is 28.6 Å². The molecule has 4 rings (SSSR count). The first-order valence-electron chi connectivity index (χ1n) is 13.1. The predicted octanol–water partition coefficient (Wildman–Crippen LogP) is 6.43. The van der Waals surface area contributed by atoms with Crippen molar-refractivity contribution >= 4 is 72.3 Å². The predicted molar refractivity (Wildman–Crippen MR) is 161 cm³/mol. The molecule has 1 aromatic heterocycles. The van der Waals surface area contributed by atoms with Gasteiger partial charge in [0.15, 0.2) is 16.5 Å². The first kappa shape index (κ1) is 30.6. The molecule has 0 radical (unpaired) electrons. The van der Waals surface area contributed by atoms with Crippen molar-refractivity contribution in [3.05, 3.63) is 81.9 Å². The van der Waals surface area contributed by atoms with E-state index in [-0.39, 0.29) is 54.2 Å². The molecule has 216 valence electrons. The molecule has 0 unspecified atom stereocenters. The Kier molecular flexibility index (Phi) is 9.80. The maximum Gasteiger partial charge on any atom is 0.289 e. The molecule has 0 fully saturated rings. The van der Waals surface area contributed by atoms with Crippen LogP contribution in [0, 0.1) is 10.1 Å². The average molecular weight is 619 g/mol. The van der Waals surface area contributed by atoms with Crippen molar-refractivity contribution in [1.29, 1.82) is 0 Å². The van der Waals surface area contributed by atoms with Gasteiger partial charge in [-0.15, -0.1) is 23.2 Å². The fourth-order valence-electron chi connectivity index (χ4n) is 4.97. The van der Waals surface area contributed by atoms with E-state index in [1.807, 2.05) is 16.7 Å². The Bertz CT molecular complexity index is 1660. The van der Waals surface area contributed by atoms with Crippen molar-refractivity contribution in [2.24, 2.45) is 0 Å². The second-order valence-electron chi connectivity index (χ2n) is 9.41. The largest absolute Gasteiger partial charge is 0.340 e. The zero-order valence-corrected chi connectivity index (χ0v) is 24.7. The zero-order chi connectivity index (χ0) is 29.7. The fraction of sp³-hybridized carbons (Fsp3) is 0.310. The Hall–Kier alpha value is -3.31. The van der Waals surface area contributed by atoms with E-state index in [9.17, 15) is 28.1 Å². The molecule has 0 aliphatic rings. The number of sulfonamides is 1. The summed E-state index contributed by atoms with van der Waals surface area (Å²) in [5, 5.41) is 13.1. The van der Waals surface area contributed by atoms with Gasteiger partial charge < -0.3 is 4.57 Å². The number of halogens is 2. The van der Waals surface area contributed by atoms with Gasteiger partial charge in [0.05, 0.1) is 4.92 Å². The van der Waals surface area contributed by atoms with Crippen molar-refractivity contribution in [3.63, 3.8) is 0 Å². The van der Waals surface area contributed by atoms with Gasteiger partial charge >= 0.3 is 0 Å². The minimum absolute atomic E-state index is 0.0871. The summed E-state index contributed by atoms with van der Waals surface area (Å²) in [5.74, 6) is 0.240. The van der Waals surface area contributed by atoms with Crippen molar-refractivity contribution in [1.82, 2.24) is 8.87 Å². The molecule has 0 bridgehead atoms. The number of rotatable bonds is 14. The first-order valence-corrected chi connectivity index (χ1v) is 15.6.